The van der Waals surface area contributed by atoms with Crippen molar-refractivity contribution in [2.45, 2.75) is 57.7 Å². The Kier molecular flexibility index (Phi) is 17.1. The van der Waals surface area contributed by atoms with Gasteiger partial charge < -0.3 is 31.5 Å². The van der Waals surface area contributed by atoms with Gasteiger partial charge in [0, 0.05) is 26.1 Å². The van der Waals surface area contributed by atoms with Crippen molar-refractivity contribution in [1.82, 2.24) is 16.0 Å². The van der Waals surface area contributed by atoms with Gasteiger partial charge in [-0.05, 0) is 24.8 Å². The number of rotatable bonds is 16. The first-order valence-electron chi connectivity index (χ1n) is 10.9. The Morgan fingerprint density at radius 3 is 2.33 bits per heavy atom. The molecule has 186 valence electrons. The van der Waals surface area contributed by atoms with Crippen LogP contribution in [0.2, 0.25) is 0 Å². The Balaban J connectivity index is 0.0000102. The minimum absolute atomic E-state index is 0. The third-order valence-electron chi connectivity index (χ3n) is 4.56. The molecule has 0 saturated heterocycles. The van der Waals surface area contributed by atoms with Gasteiger partial charge in [-0.1, -0.05) is 43.2 Å². The number of carbonyl (C=O) groups is 3. The van der Waals surface area contributed by atoms with Crippen LogP contribution in [-0.4, -0.2) is 54.6 Å². The molecule has 1 rings (SSSR count). The van der Waals surface area contributed by atoms with Crippen LogP contribution in [0.3, 0.4) is 0 Å². The minimum atomic E-state index is -1.26. The Labute approximate surface area is 200 Å². The number of unbranched alkanes of at least 4 members (excludes halogenated alkanes) is 3. The lowest BCUT2D eigenvalue weighted by Gasteiger charge is -2.12. The number of nitrogens with one attached hydrogen (secondary N) is 4. The highest BCUT2D eigenvalue weighted by atomic mass is 35.5. The molecule has 0 bridgehead atoms. The zero-order valence-electron chi connectivity index (χ0n) is 18.8. The predicted octanol–water partition coefficient (Wildman–Crippen LogP) is 0.959. The third kappa shape index (κ3) is 16.4. The van der Waals surface area contributed by atoms with Crippen molar-refractivity contribution in [3.05, 3.63) is 35.9 Å². The van der Waals surface area contributed by atoms with Crippen LogP contribution in [0.25, 0.3) is 0 Å². The highest BCUT2D eigenvalue weighted by Gasteiger charge is 2.15. The molecule has 0 aliphatic carbocycles. The van der Waals surface area contributed by atoms with E-state index < -0.39 is 18.0 Å². The van der Waals surface area contributed by atoms with Gasteiger partial charge in [-0.2, -0.15) is 0 Å². The highest BCUT2D eigenvalue weighted by molar-refractivity contribution is 5.85. The second kappa shape index (κ2) is 18.7. The zero-order chi connectivity index (χ0) is 23.6. The first kappa shape index (κ1) is 30.2. The van der Waals surface area contributed by atoms with Crippen molar-refractivity contribution < 1.29 is 24.2 Å². The molecule has 1 aromatic carbocycles. The predicted molar refractivity (Wildman–Crippen MR) is 128 cm³/mol. The molecule has 1 atom stereocenters. The van der Waals surface area contributed by atoms with Crippen LogP contribution in [0.15, 0.2) is 30.3 Å². The summed E-state index contributed by atoms with van der Waals surface area (Å²) in [5, 5.41) is 24.8. The molecule has 0 heterocycles. The fourth-order valence-corrected chi connectivity index (χ4v) is 2.77. The van der Waals surface area contributed by atoms with Crippen LogP contribution in [0.4, 0.5) is 0 Å². The molecule has 7 N–H and O–H groups in total. The van der Waals surface area contributed by atoms with E-state index in [4.69, 9.17) is 15.9 Å². The number of nitrogens with two attached hydrogens (primary N) is 1. The van der Waals surface area contributed by atoms with Crippen LogP contribution in [0, 0.1) is 5.41 Å². The number of amides is 2. The van der Waals surface area contributed by atoms with Gasteiger partial charge in [0.25, 0.3) is 0 Å². The Bertz CT molecular complexity index is 720. The van der Waals surface area contributed by atoms with E-state index in [-0.39, 0.29) is 56.8 Å². The summed E-state index contributed by atoms with van der Waals surface area (Å²) in [6.45, 7) is 1.08. The number of ether oxygens (including phenoxy) is 1. The lowest BCUT2D eigenvalue weighted by Crippen LogP contribution is -2.38. The van der Waals surface area contributed by atoms with E-state index in [9.17, 15) is 19.5 Å². The summed E-state index contributed by atoms with van der Waals surface area (Å²) in [4.78, 5) is 35.4. The summed E-state index contributed by atoms with van der Waals surface area (Å²) in [6.07, 6.45) is 2.68. The summed E-state index contributed by atoms with van der Waals surface area (Å²) < 4.78 is 5.11. The molecule has 1 unspecified atom stereocenters. The zero-order valence-corrected chi connectivity index (χ0v) is 19.6. The molecule has 0 spiro atoms. The number of benzene rings is 1. The molecule has 10 nitrogen and oxygen atoms in total. The highest BCUT2D eigenvalue weighted by Crippen LogP contribution is 2.03. The molecule has 1 aromatic rings. The van der Waals surface area contributed by atoms with E-state index in [1.165, 1.54) is 0 Å². The lowest BCUT2D eigenvalue weighted by molar-refractivity contribution is -0.145. The van der Waals surface area contributed by atoms with Gasteiger partial charge in [0.2, 0.25) is 11.8 Å². The van der Waals surface area contributed by atoms with E-state index in [1.807, 2.05) is 30.3 Å². The molecule has 11 heteroatoms. The molecule has 0 saturated carbocycles. The number of hydrogen-bond donors (Lipinski definition) is 6. The number of hydrogen-bond acceptors (Lipinski definition) is 6. The normalized spacial score (nSPS) is 10.9. The quantitative estimate of drug-likeness (QED) is 0.0877. The van der Waals surface area contributed by atoms with Gasteiger partial charge in [-0.25, -0.2) is 0 Å². The number of guanidine groups is 1. The average molecular weight is 486 g/mol. The molecular formula is C22H36ClN5O5. The summed E-state index contributed by atoms with van der Waals surface area (Å²) in [6, 6.07) is 9.27. The largest absolute Gasteiger partial charge is 0.461 e. The van der Waals surface area contributed by atoms with Crippen molar-refractivity contribution in [1.29, 1.82) is 5.41 Å². The maximum absolute atomic E-state index is 11.9. The molecule has 33 heavy (non-hydrogen) atoms. The fraction of sp³-hybridized carbons (Fsp3) is 0.545. The van der Waals surface area contributed by atoms with Crippen LogP contribution in [-0.2, 0) is 25.7 Å². The SMILES string of the molecule is Cl.N=C(N)NCCCCCCC(=O)NCCC(O)C(=O)NCCC(=O)OCc1ccccc1. The Hall–Kier alpha value is -2.85. The maximum Gasteiger partial charge on any atom is 0.307 e. The summed E-state index contributed by atoms with van der Waals surface area (Å²) in [5.74, 6) is -1.19. The van der Waals surface area contributed by atoms with E-state index in [2.05, 4.69) is 16.0 Å². The fourth-order valence-electron chi connectivity index (χ4n) is 2.77. The van der Waals surface area contributed by atoms with Gasteiger partial charge in [-0.3, -0.25) is 19.8 Å². The second-order valence-electron chi connectivity index (χ2n) is 7.35. The van der Waals surface area contributed by atoms with Crippen molar-refractivity contribution >= 4 is 36.2 Å². The van der Waals surface area contributed by atoms with E-state index in [0.29, 0.717) is 13.0 Å². The summed E-state index contributed by atoms with van der Waals surface area (Å²) >= 11 is 0. The van der Waals surface area contributed by atoms with Crippen LogP contribution in [0.5, 0.6) is 0 Å². The maximum atomic E-state index is 11.9. The van der Waals surface area contributed by atoms with Gasteiger partial charge in [0.1, 0.15) is 12.7 Å². The van der Waals surface area contributed by atoms with Gasteiger partial charge in [-0.15, -0.1) is 12.4 Å². The van der Waals surface area contributed by atoms with E-state index in [1.54, 1.807) is 0 Å². The van der Waals surface area contributed by atoms with Crippen LogP contribution in [0.1, 0.15) is 50.5 Å². The van der Waals surface area contributed by atoms with Gasteiger partial charge >= 0.3 is 5.97 Å². The van der Waals surface area contributed by atoms with Gasteiger partial charge in [0.15, 0.2) is 5.96 Å². The summed E-state index contributed by atoms with van der Waals surface area (Å²) in [5.41, 5.74) is 6.06. The van der Waals surface area contributed by atoms with Crippen molar-refractivity contribution in [2.24, 2.45) is 5.73 Å². The monoisotopic (exact) mass is 485 g/mol. The number of aliphatic hydroxyl groups excluding tert-OH is 1. The number of halogens is 1. The first-order chi connectivity index (χ1) is 15.4. The minimum Gasteiger partial charge on any atom is -0.461 e. The molecular weight excluding hydrogens is 450 g/mol. The van der Waals surface area contributed by atoms with Crippen LogP contribution >= 0.6 is 12.4 Å². The molecule has 0 radical (unpaired) electrons. The van der Waals surface area contributed by atoms with E-state index in [0.717, 1.165) is 31.2 Å². The molecule has 0 aliphatic heterocycles. The standard InChI is InChI=1S/C22H35N5O5.ClH/c23-22(24)27-13-7-2-1-6-10-19(29)25-14-11-18(28)21(31)26-15-12-20(30)32-16-17-8-4-3-5-9-17;/h3-5,8-9,18,28H,1-2,6-7,10-16H2,(H,25,29)(H,26,31)(H4,23,24,27);1H. The average Bonchev–Trinajstić information content (AvgIpc) is 2.77. The van der Waals surface area contributed by atoms with Crippen molar-refractivity contribution in [3.63, 3.8) is 0 Å². The molecule has 2 amide bonds. The Morgan fingerprint density at radius 2 is 1.64 bits per heavy atom. The first-order valence-corrected chi connectivity index (χ1v) is 10.9. The van der Waals surface area contributed by atoms with Gasteiger partial charge in [0.05, 0.1) is 6.42 Å². The topological polar surface area (TPSA) is 167 Å². The number of esters is 1. The Morgan fingerprint density at radius 1 is 0.939 bits per heavy atom. The molecule has 0 aromatic heterocycles. The van der Waals surface area contributed by atoms with E-state index >= 15 is 0 Å². The number of carbonyl (C=O) groups excluding carboxylic acids is 3. The second-order valence-corrected chi connectivity index (χ2v) is 7.35. The summed E-state index contributed by atoms with van der Waals surface area (Å²) in [7, 11) is 0. The van der Waals surface area contributed by atoms with Crippen LogP contribution < -0.4 is 21.7 Å². The molecule has 0 aliphatic rings. The molecule has 0 fully saturated rings. The number of aliphatic hydroxyl groups is 1. The third-order valence-corrected chi connectivity index (χ3v) is 4.56. The van der Waals surface area contributed by atoms with Crippen molar-refractivity contribution in [2.75, 3.05) is 19.6 Å². The lowest BCUT2D eigenvalue weighted by atomic mass is 10.1. The van der Waals surface area contributed by atoms with Crippen molar-refractivity contribution in [3.8, 4) is 0 Å². The smallest absolute Gasteiger partial charge is 0.307 e.